The van der Waals surface area contributed by atoms with E-state index in [0.717, 1.165) is 25.7 Å². The average Bonchev–Trinajstić information content (AvgIpc) is 2.36. The van der Waals surface area contributed by atoms with E-state index in [0.29, 0.717) is 18.0 Å². The molecule has 0 bridgehead atoms. The largest absolute Gasteiger partial charge is 0.393 e. The summed E-state index contributed by atoms with van der Waals surface area (Å²) in [7, 11) is 0. The molecule has 0 aromatic heterocycles. The smallest absolute Gasteiger partial charge is 0.224 e. The fraction of sp³-hybridized carbons (Fsp3) is 0.533. The van der Waals surface area contributed by atoms with Crippen LogP contribution >= 0.6 is 0 Å². The number of hydrogen-bond donors (Lipinski definition) is 2. The van der Waals surface area contributed by atoms with Crippen molar-refractivity contribution in [3.05, 3.63) is 35.6 Å². The monoisotopic (exact) mass is 265 g/mol. The molecule has 0 saturated heterocycles. The molecule has 1 fully saturated rings. The predicted octanol–water partition coefficient (Wildman–Crippen LogP) is 2.04. The van der Waals surface area contributed by atoms with Crippen LogP contribution in [0.1, 0.15) is 31.2 Å². The highest BCUT2D eigenvalue weighted by Gasteiger charge is 2.20. The van der Waals surface area contributed by atoms with Crippen LogP contribution in [0.5, 0.6) is 0 Å². The first kappa shape index (κ1) is 14.0. The third-order valence-corrected chi connectivity index (χ3v) is 3.60. The molecule has 1 saturated carbocycles. The summed E-state index contributed by atoms with van der Waals surface area (Å²) in [5.74, 6) is -0.0495. The van der Waals surface area contributed by atoms with Crippen LogP contribution in [0.2, 0.25) is 0 Å². The summed E-state index contributed by atoms with van der Waals surface area (Å²) in [6.07, 6.45) is 3.68. The minimum atomic E-state index is -0.319. The molecule has 2 N–H and O–H groups in total. The van der Waals surface area contributed by atoms with Gasteiger partial charge in [-0.25, -0.2) is 4.39 Å². The molecule has 1 aliphatic rings. The molecule has 1 aliphatic carbocycles. The lowest BCUT2D eigenvalue weighted by Crippen LogP contribution is -2.33. The minimum absolute atomic E-state index is 0.0920. The lowest BCUT2D eigenvalue weighted by molar-refractivity contribution is -0.120. The molecule has 2 unspecified atom stereocenters. The molecular formula is C15H20FNO2. The van der Waals surface area contributed by atoms with Crippen LogP contribution in [-0.4, -0.2) is 23.7 Å². The molecule has 0 spiro atoms. The molecule has 1 amide bonds. The lowest BCUT2D eigenvalue weighted by Gasteiger charge is -2.25. The first-order valence-electron chi connectivity index (χ1n) is 6.82. The Balaban J connectivity index is 1.75. The second kappa shape index (κ2) is 6.66. The Morgan fingerprint density at radius 2 is 2.26 bits per heavy atom. The van der Waals surface area contributed by atoms with E-state index in [9.17, 15) is 14.3 Å². The van der Waals surface area contributed by atoms with Gasteiger partial charge in [-0.3, -0.25) is 4.79 Å². The second-order valence-corrected chi connectivity index (χ2v) is 5.30. The summed E-state index contributed by atoms with van der Waals surface area (Å²) in [6, 6.07) is 6.09. The molecule has 2 rings (SSSR count). The number of nitrogens with one attached hydrogen (secondary N) is 1. The summed E-state index contributed by atoms with van der Waals surface area (Å²) >= 11 is 0. The van der Waals surface area contributed by atoms with E-state index in [-0.39, 0.29) is 24.2 Å². The highest BCUT2D eigenvalue weighted by molar-refractivity contribution is 5.78. The number of aliphatic hydroxyl groups is 1. The Kier molecular flexibility index (Phi) is 4.91. The Hall–Kier alpha value is -1.42. The standard InChI is InChI=1S/C15H20FNO2/c16-13-5-1-3-11(7-13)9-15(19)17-10-12-4-2-6-14(18)8-12/h1,3,5,7,12,14,18H,2,4,6,8-10H2,(H,17,19). The molecule has 0 aliphatic heterocycles. The summed E-state index contributed by atoms with van der Waals surface area (Å²) < 4.78 is 13.0. The molecule has 104 valence electrons. The van der Waals surface area contributed by atoms with Gasteiger partial charge in [0.2, 0.25) is 5.91 Å². The van der Waals surface area contributed by atoms with Crippen molar-refractivity contribution >= 4 is 5.91 Å². The topological polar surface area (TPSA) is 49.3 Å². The van der Waals surface area contributed by atoms with Gasteiger partial charge in [-0.15, -0.1) is 0 Å². The number of benzene rings is 1. The van der Waals surface area contributed by atoms with E-state index in [1.165, 1.54) is 12.1 Å². The van der Waals surface area contributed by atoms with E-state index in [1.807, 2.05) is 0 Å². The second-order valence-electron chi connectivity index (χ2n) is 5.30. The first-order valence-corrected chi connectivity index (χ1v) is 6.82. The van der Waals surface area contributed by atoms with Gasteiger partial charge in [-0.05, 0) is 42.9 Å². The van der Waals surface area contributed by atoms with E-state index in [1.54, 1.807) is 12.1 Å². The highest BCUT2D eigenvalue weighted by atomic mass is 19.1. The summed E-state index contributed by atoms with van der Waals surface area (Å²) in [5, 5.41) is 12.4. The van der Waals surface area contributed by atoms with E-state index in [2.05, 4.69) is 5.32 Å². The zero-order chi connectivity index (χ0) is 13.7. The summed E-state index contributed by atoms with van der Waals surface area (Å²) in [4.78, 5) is 11.8. The van der Waals surface area contributed by atoms with Gasteiger partial charge in [0.05, 0.1) is 12.5 Å². The van der Waals surface area contributed by atoms with Crippen LogP contribution in [0.15, 0.2) is 24.3 Å². The maximum atomic E-state index is 13.0. The van der Waals surface area contributed by atoms with E-state index >= 15 is 0 Å². The Labute approximate surface area is 112 Å². The summed E-state index contributed by atoms with van der Waals surface area (Å²) in [6.45, 7) is 0.602. The quantitative estimate of drug-likeness (QED) is 0.875. The summed E-state index contributed by atoms with van der Waals surface area (Å²) in [5.41, 5.74) is 0.682. The number of rotatable bonds is 4. The van der Waals surface area contributed by atoms with E-state index < -0.39 is 0 Å². The highest BCUT2D eigenvalue weighted by Crippen LogP contribution is 2.23. The van der Waals surface area contributed by atoms with Gasteiger partial charge in [0, 0.05) is 6.54 Å². The minimum Gasteiger partial charge on any atom is -0.393 e. The molecule has 0 radical (unpaired) electrons. The number of halogens is 1. The van der Waals surface area contributed by atoms with Gasteiger partial charge in [-0.1, -0.05) is 18.6 Å². The van der Waals surface area contributed by atoms with Gasteiger partial charge < -0.3 is 10.4 Å². The molecule has 1 aromatic rings. The third-order valence-electron chi connectivity index (χ3n) is 3.60. The fourth-order valence-corrected chi connectivity index (χ4v) is 2.60. The molecule has 4 heteroatoms. The number of amides is 1. The molecular weight excluding hydrogens is 245 g/mol. The molecule has 2 atom stereocenters. The van der Waals surface area contributed by atoms with Crippen LogP contribution in [0.3, 0.4) is 0 Å². The zero-order valence-corrected chi connectivity index (χ0v) is 10.9. The van der Waals surface area contributed by atoms with Gasteiger partial charge in [0.25, 0.3) is 0 Å². The van der Waals surface area contributed by atoms with Crippen molar-refractivity contribution in [3.63, 3.8) is 0 Å². The normalized spacial score (nSPS) is 23.1. The number of carbonyl (C=O) groups excluding carboxylic acids is 1. The van der Waals surface area contributed by atoms with Crippen LogP contribution in [0.4, 0.5) is 4.39 Å². The Morgan fingerprint density at radius 1 is 1.42 bits per heavy atom. The van der Waals surface area contributed by atoms with Gasteiger partial charge >= 0.3 is 0 Å². The predicted molar refractivity (Wildman–Crippen MR) is 71.1 cm³/mol. The molecule has 19 heavy (non-hydrogen) atoms. The van der Waals surface area contributed by atoms with Crippen molar-refractivity contribution in [1.29, 1.82) is 0 Å². The van der Waals surface area contributed by atoms with Crippen LogP contribution < -0.4 is 5.32 Å². The SMILES string of the molecule is O=C(Cc1cccc(F)c1)NCC1CCCC(O)C1. The van der Waals surface area contributed by atoms with Crippen LogP contribution in [0, 0.1) is 11.7 Å². The molecule has 0 heterocycles. The van der Waals surface area contributed by atoms with Crippen molar-refractivity contribution in [1.82, 2.24) is 5.32 Å². The maximum absolute atomic E-state index is 13.0. The number of hydrogen-bond acceptors (Lipinski definition) is 2. The Morgan fingerprint density at radius 3 is 3.00 bits per heavy atom. The van der Waals surface area contributed by atoms with Gasteiger partial charge in [0.15, 0.2) is 0 Å². The van der Waals surface area contributed by atoms with E-state index in [4.69, 9.17) is 0 Å². The Bertz CT molecular complexity index is 436. The fourth-order valence-electron chi connectivity index (χ4n) is 2.60. The average molecular weight is 265 g/mol. The first-order chi connectivity index (χ1) is 9.13. The van der Waals surface area contributed by atoms with Crippen LogP contribution in [0.25, 0.3) is 0 Å². The molecule has 3 nitrogen and oxygen atoms in total. The third kappa shape index (κ3) is 4.63. The van der Waals surface area contributed by atoms with Crippen molar-refractivity contribution in [3.8, 4) is 0 Å². The van der Waals surface area contributed by atoms with Gasteiger partial charge in [-0.2, -0.15) is 0 Å². The number of carbonyl (C=O) groups is 1. The molecule has 1 aromatic carbocycles. The van der Waals surface area contributed by atoms with Crippen molar-refractivity contribution in [2.24, 2.45) is 5.92 Å². The van der Waals surface area contributed by atoms with Gasteiger partial charge in [0.1, 0.15) is 5.82 Å². The van der Waals surface area contributed by atoms with Crippen molar-refractivity contribution in [2.45, 2.75) is 38.2 Å². The van der Waals surface area contributed by atoms with Crippen LogP contribution in [-0.2, 0) is 11.2 Å². The van der Waals surface area contributed by atoms with Crippen molar-refractivity contribution in [2.75, 3.05) is 6.54 Å². The lowest BCUT2D eigenvalue weighted by atomic mass is 9.87. The van der Waals surface area contributed by atoms with Crippen molar-refractivity contribution < 1.29 is 14.3 Å². The number of aliphatic hydroxyl groups excluding tert-OH is 1. The zero-order valence-electron chi connectivity index (χ0n) is 10.9. The maximum Gasteiger partial charge on any atom is 0.224 e.